The molecule has 1 amide bonds. The monoisotopic (exact) mass is 345 g/mol. The van der Waals surface area contributed by atoms with Crippen molar-refractivity contribution < 1.29 is 4.79 Å². The van der Waals surface area contributed by atoms with Gasteiger partial charge in [-0.15, -0.1) is 0 Å². The molecule has 21 heavy (non-hydrogen) atoms. The Morgan fingerprint density at radius 1 is 1.10 bits per heavy atom. The molecule has 0 radical (unpaired) electrons. The number of carbonyl (C=O) groups is 1. The number of carbonyl (C=O) groups excluding carboxylic acids is 1. The Bertz CT molecular complexity index is 682. The Balaban J connectivity index is 1.92. The number of nitrogens with zero attached hydrogens (tertiary/aromatic N) is 1. The molecule has 0 aromatic heterocycles. The topological polar surface area (TPSA) is 20.3 Å². The molecule has 2 atom stereocenters. The molecule has 2 nitrogen and oxygen atoms in total. The van der Waals surface area contributed by atoms with Crippen LogP contribution in [0.25, 0.3) is 10.8 Å². The predicted octanol–water partition coefficient (Wildman–Crippen LogP) is 4.86. The lowest BCUT2D eigenvalue weighted by Crippen LogP contribution is -2.44. The highest BCUT2D eigenvalue weighted by molar-refractivity contribution is 9.10. The van der Waals surface area contributed by atoms with Crippen LogP contribution in [0.2, 0.25) is 0 Å². The molecular weight excluding hydrogens is 326 g/mol. The molecule has 3 rings (SSSR count). The maximum absolute atomic E-state index is 12.8. The second kappa shape index (κ2) is 5.80. The van der Waals surface area contributed by atoms with Crippen LogP contribution < -0.4 is 0 Å². The molecule has 1 aliphatic rings. The van der Waals surface area contributed by atoms with E-state index in [1.54, 1.807) is 0 Å². The van der Waals surface area contributed by atoms with Crippen LogP contribution in [0.1, 0.15) is 37.0 Å². The Labute approximate surface area is 134 Å². The fraction of sp³-hybridized carbons (Fsp3) is 0.389. The molecule has 0 bridgehead atoms. The third kappa shape index (κ3) is 2.98. The van der Waals surface area contributed by atoms with Crippen molar-refractivity contribution in [2.24, 2.45) is 5.92 Å². The zero-order chi connectivity index (χ0) is 15.0. The molecule has 2 aromatic carbocycles. The first-order valence-electron chi connectivity index (χ1n) is 7.55. The Kier molecular flexibility index (Phi) is 4.03. The highest BCUT2D eigenvalue weighted by Crippen LogP contribution is 2.25. The molecule has 0 saturated carbocycles. The maximum atomic E-state index is 12.8. The summed E-state index contributed by atoms with van der Waals surface area (Å²) in [7, 11) is 0. The number of hydrogen-bond acceptors (Lipinski definition) is 1. The van der Waals surface area contributed by atoms with Crippen molar-refractivity contribution in [2.75, 3.05) is 6.54 Å². The molecule has 1 fully saturated rings. The molecule has 0 N–H and O–H groups in total. The van der Waals surface area contributed by atoms with Crippen molar-refractivity contribution in [1.82, 2.24) is 4.90 Å². The van der Waals surface area contributed by atoms with Crippen LogP contribution >= 0.6 is 15.9 Å². The van der Waals surface area contributed by atoms with E-state index in [-0.39, 0.29) is 5.91 Å². The second-order valence-corrected chi connectivity index (χ2v) is 7.11. The van der Waals surface area contributed by atoms with E-state index < -0.39 is 0 Å². The number of rotatable bonds is 1. The van der Waals surface area contributed by atoms with Gasteiger partial charge in [-0.3, -0.25) is 4.79 Å². The van der Waals surface area contributed by atoms with Crippen LogP contribution in [0.5, 0.6) is 0 Å². The molecule has 2 aromatic rings. The van der Waals surface area contributed by atoms with Crippen LogP contribution in [-0.2, 0) is 0 Å². The zero-order valence-corrected chi connectivity index (χ0v) is 14.1. The van der Waals surface area contributed by atoms with Crippen molar-refractivity contribution in [2.45, 2.75) is 32.7 Å². The number of amides is 1. The molecule has 110 valence electrons. The SMILES string of the molecule is CC1CCC(C)N(C(=O)c2ccc3cc(Br)ccc3c2)C1. The van der Waals surface area contributed by atoms with Gasteiger partial charge in [0, 0.05) is 22.6 Å². The summed E-state index contributed by atoms with van der Waals surface area (Å²) in [6, 6.07) is 12.5. The first-order chi connectivity index (χ1) is 10.0. The largest absolute Gasteiger partial charge is 0.336 e. The van der Waals surface area contributed by atoms with Gasteiger partial charge in [0.05, 0.1) is 0 Å². The lowest BCUT2D eigenvalue weighted by atomic mass is 9.94. The number of piperidine rings is 1. The van der Waals surface area contributed by atoms with Crippen LogP contribution in [0.4, 0.5) is 0 Å². The summed E-state index contributed by atoms with van der Waals surface area (Å²) in [6.45, 7) is 5.25. The molecule has 2 unspecified atom stereocenters. The molecule has 0 spiro atoms. The first-order valence-corrected chi connectivity index (χ1v) is 8.34. The van der Waals surface area contributed by atoms with Gasteiger partial charge in [-0.25, -0.2) is 0 Å². The Morgan fingerprint density at radius 3 is 2.62 bits per heavy atom. The molecule has 0 aliphatic carbocycles. The smallest absolute Gasteiger partial charge is 0.254 e. The van der Waals surface area contributed by atoms with Gasteiger partial charge < -0.3 is 4.90 Å². The summed E-state index contributed by atoms with van der Waals surface area (Å²) in [5.74, 6) is 0.764. The number of halogens is 1. The van der Waals surface area contributed by atoms with E-state index in [1.165, 1.54) is 6.42 Å². The highest BCUT2D eigenvalue weighted by atomic mass is 79.9. The van der Waals surface area contributed by atoms with E-state index in [9.17, 15) is 4.79 Å². The lowest BCUT2D eigenvalue weighted by molar-refractivity contribution is 0.0574. The average molecular weight is 346 g/mol. The normalized spacial score (nSPS) is 22.5. The Morgan fingerprint density at radius 2 is 1.81 bits per heavy atom. The van der Waals surface area contributed by atoms with Crippen LogP contribution in [0, 0.1) is 5.92 Å². The van der Waals surface area contributed by atoms with Gasteiger partial charge >= 0.3 is 0 Å². The number of benzene rings is 2. The van der Waals surface area contributed by atoms with Gasteiger partial charge in [-0.05, 0) is 60.7 Å². The van der Waals surface area contributed by atoms with Gasteiger partial charge in [0.15, 0.2) is 0 Å². The first kappa shape index (κ1) is 14.6. The molecule has 1 aliphatic heterocycles. The van der Waals surface area contributed by atoms with Crippen molar-refractivity contribution >= 4 is 32.6 Å². The second-order valence-electron chi connectivity index (χ2n) is 6.20. The van der Waals surface area contributed by atoms with Gasteiger partial charge in [0.25, 0.3) is 5.91 Å². The number of likely N-dealkylation sites (tertiary alicyclic amines) is 1. The highest BCUT2D eigenvalue weighted by Gasteiger charge is 2.27. The van der Waals surface area contributed by atoms with E-state index in [4.69, 9.17) is 0 Å². The van der Waals surface area contributed by atoms with Gasteiger partial charge in [0.1, 0.15) is 0 Å². The minimum absolute atomic E-state index is 0.166. The lowest BCUT2D eigenvalue weighted by Gasteiger charge is -2.37. The van der Waals surface area contributed by atoms with E-state index >= 15 is 0 Å². The molecule has 1 heterocycles. The fourth-order valence-corrected chi connectivity index (χ4v) is 3.47. The average Bonchev–Trinajstić information content (AvgIpc) is 2.48. The quantitative estimate of drug-likeness (QED) is 0.722. The summed E-state index contributed by atoms with van der Waals surface area (Å²) < 4.78 is 1.06. The number of hydrogen-bond donors (Lipinski definition) is 0. The van der Waals surface area contributed by atoms with Crippen molar-refractivity contribution in [3.8, 4) is 0 Å². The fourth-order valence-electron chi connectivity index (χ4n) is 3.09. The van der Waals surface area contributed by atoms with Crippen LogP contribution in [0.15, 0.2) is 40.9 Å². The van der Waals surface area contributed by atoms with Crippen LogP contribution in [0.3, 0.4) is 0 Å². The molecule has 3 heteroatoms. The third-order valence-corrected chi connectivity index (χ3v) is 4.92. The van der Waals surface area contributed by atoms with Gasteiger partial charge in [0.2, 0.25) is 0 Å². The van der Waals surface area contributed by atoms with Gasteiger partial charge in [-0.1, -0.05) is 35.0 Å². The minimum Gasteiger partial charge on any atom is -0.336 e. The zero-order valence-electron chi connectivity index (χ0n) is 12.5. The summed E-state index contributed by atoms with van der Waals surface area (Å²) >= 11 is 3.48. The standard InChI is InChI=1S/C18H20BrNO/c1-12-3-4-13(2)20(11-12)18(21)16-6-5-15-10-17(19)8-7-14(15)9-16/h5-10,12-13H,3-4,11H2,1-2H3. The maximum Gasteiger partial charge on any atom is 0.254 e. The number of fused-ring (bicyclic) bond motifs is 1. The van der Waals surface area contributed by atoms with Crippen molar-refractivity contribution in [1.29, 1.82) is 0 Å². The van der Waals surface area contributed by atoms with Crippen LogP contribution in [-0.4, -0.2) is 23.4 Å². The summed E-state index contributed by atoms with van der Waals surface area (Å²) in [4.78, 5) is 14.8. The summed E-state index contributed by atoms with van der Waals surface area (Å²) in [6.07, 6.45) is 2.32. The summed E-state index contributed by atoms with van der Waals surface area (Å²) in [5, 5.41) is 2.27. The minimum atomic E-state index is 0.166. The third-order valence-electron chi connectivity index (χ3n) is 4.43. The van der Waals surface area contributed by atoms with Gasteiger partial charge in [-0.2, -0.15) is 0 Å². The summed E-state index contributed by atoms with van der Waals surface area (Å²) in [5.41, 5.74) is 0.797. The van der Waals surface area contributed by atoms with Crippen molar-refractivity contribution in [3.63, 3.8) is 0 Å². The van der Waals surface area contributed by atoms with E-state index in [1.807, 2.05) is 29.2 Å². The van der Waals surface area contributed by atoms with E-state index in [2.05, 4.69) is 41.9 Å². The van der Waals surface area contributed by atoms with E-state index in [0.29, 0.717) is 12.0 Å². The molecular formula is C18H20BrNO. The van der Waals surface area contributed by atoms with Crippen molar-refractivity contribution in [3.05, 3.63) is 46.4 Å². The Hall–Kier alpha value is -1.35. The predicted molar refractivity (Wildman–Crippen MR) is 90.5 cm³/mol. The molecule has 1 saturated heterocycles. The van der Waals surface area contributed by atoms with E-state index in [0.717, 1.165) is 33.8 Å².